The summed E-state index contributed by atoms with van der Waals surface area (Å²) in [7, 11) is 3.05. The number of methoxy groups -OCH3 is 2. The molecule has 0 amide bonds. The highest BCUT2D eigenvalue weighted by Gasteiger charge is 2.18. The van der Waals surface area contributed by atoms with Gasteiger partial charge in [-0.05, 0) is 43.4 Å². The first-order chi connectivity index (χ1) is 9.17. The third-order valence-electron chi connectivity index (χ3n) is 3.28. The van der Waals surface area contributed by atoms with Gasteiger partial charge in [-0.1, -0.05) is 17.7 Å². The minimum absolute atomic E-state index is 0.0301. The molecule has 19 heavy (non-hydrogen) atoms. The fraction of sp³-hybridized carbons (Fsp3) is 0.400. The van der Waals surface area contributed by atoms with E-state index in [9.17, 15) is 4.79 Å². The molecule has 0 aliphatic heterocycles. The van der Waals surface area contributed by atoms with Crippen LogP contribution in [0.15, 0.2) is 23.8 Å². The molecule has 102 valence electrons. The highest BCUT2D eigenvalue weighted by molar-refractivity contribution is 6.33. The topological polar surface area (TPSA) is 35.5 Å². The van der Waals surface area contributed by atoms with Crippen molar-refractivity contribution in [3.05, 3.63) is 34.4 Å². The quantitative estimate of drug-likeness (QED) is 0.781. The van der Waals surface area contributed by atoms with Crippen molar-refractivity contribution in [1.82, 2.24) is 0 Å². The van der Waals surface area contributed by atoms with Crippen LogP contribution in [-0.2, 0) is 0 Å². The summed E-state index contributed by atoms with van der Waals surface area (Å²) in [5.41, 5.74) is 1.42. The Bertz CT molecular complexity index is 520. The van der Waals surface area contributed by atoms with Gasteiger partial charge in [0.05, 0.1) is 19.2 Å². The van der Waals surface area contributed by atoms with Gasteiger partial charge in [-0.15, -0.1) is 0 Å². The number of ketones is 1. The van der Waals surface area contributed by atoms with Crippen molar-refractivity contribution < 1.29 is 14.3 Å². The molecule has 0 bridgehead atoms. The molecule has 3 nitrogen and oxygen atoms in total. The van der Waals surface area contributed by atoms with Crippen molar-refractivity contribution >= 4 is 17.4 Å². The fourth-order valence-corrected chi connectivity index (χ4v) is 2.57. The zero-order chi connectivity index (χ0) is 13.8. The summed E-state index contributed by atoms with van der Waals surface area (Å²) in [6.45, 7) is 0. The first-order valence-electron chi connectivity index (χ1n) is 6.32. The molecule has 0 radical (unpaired) electrons. The van der Waals surface area contributed by atoms with Gasteiger partial charge in [0.15, 0.2) is 17.3 Å². The normalized spacial score (nSPS) is 14.8. The zero-order valence-corrected chi connectivity index (χ0v) is 11.9. The Hall–Kier alpha value is -1.48. The van der Waals surface area contributed by atoms with Crippen LogP contribution in [0.4, 0.5) is 0 Å². The smallest absolute Gasteiger partial charge is 0.188 e. The first kappa shape index (κ1) is 13.9. The average molecular weight is 281 g/mol. The van der Waals surface area contributed by atoms with Crippen molar-refractivity contribution in [2.45, 2.75) is 25.7 Å². The van der Waals surface area contributed by atoms with Gasteiger partial charge in [-0.3, -0.25) is 4.79 Å². The van der Waals surface area contributed by atoms with Crippen LogP contribution in [0.3, 0.4) is 0 Å². The summed E-state index contributed by atoms with van der Waals surface area (Å²) < 4.78 is 10.4. The Morgan fingerprint density at radius 3 is 2.58 bits per heavy atom. The summed E-state index contributed by atoms with van der Waals surface area (Å²) in [5, 5.41) is 0.390. The molecule has 4 heteroatoms. The number of allylic oxidation sites excluding steroid dienone is 2. The summed E-state index contributed by atoms with van der Waals surface area (Å²) in [6.07, 6.45) is 6.06. The molecule has 0 fully saturated rings. The SMILES string of the molecule is COc1cc(C(=O)C2=CCCCC2)cc(Cl)c1OC. The maximum atomic E-state index is 12.4. The van der Waals surface area contributed by atoms with E-state index in [2.05, 4.69) is 0 Å². The first-order valence-corrected chi connectivity index (χ1v) is 6.70. The molecule has 1 aromatic carbocycles. The van der Waals surface area contributed by atoms with Crippen LogP contribution in [0, 0.1) is 0 Å². The van der Waals surface area contributed by atoms with Gasteiger partial charge in [0.2, 0.25) is 0 Å². The number of hydrogen-bond donors (Lipinski definition) is 0. The monoisotopic (exact) mass is 280 g/mol. The molecule has 0 saturated heterocycles. The van der Waals surface area contributed by atoms with Crippen LogP contribution in [0.1, 0.15) is 36.0 Å². The van der Waals surface area contributed by atoms with Crippen molar-refractivity contribution in [1.29, 1.82) is 0 Å². The molecule has 0 aromatic heterocycles. The number of halogens is 1. The Morgan fingerprint density at radius 1 is 1.21 bits per heavy atom. The van der Waals surface area contributed by atoms with Gasteiger partial charge in [0.25, 0.3) is 0 Å². The largest absolute Gasteiger partial charge is 0.493 e. The molecule has 0 spiro atoms. The lowest BCUT2D eigenvalue weighted by atomic mass is 9.93. The van der Waals surface area contributed by atoms with Gasteiger partial charge >= 0.3 is 0 Å². The number of ether oxygens (including phenoxy) is 2. The molecular weight excluding hydrogens is 264 g/mol. The number of carbonyl (C=O) groups excluding carboxylic acids is 1. The fourth-order valence-electron chi connectivity index (χ4n) is 2.28. The Kier molecular flexibility index (Phi) is 4.48. The maximum absolute atomic E-state index is 12.4. The van der Waals surface area contributed by atoms with Gasteiger partial charge in [-0.25, -0.2) is 0 Å². The van der Waals surface area contributed by atoms with Crippen molar-refractivity contribution in [3.8, 4) is 11.5 Å². The molecule has 0 heterocycles. The molecule has 1 aromatic rings. The highest BCUT2D eigenvalue weighted by Crippen LogP contribution is 2.37. The van der Waals surface area contributed by atoms with E-state index in [0.29, 0.717) is 22.1 Å². The lowest BCUT2D eigenvalue weighted by Crippen LogP contribution is -2.07. The molecule has 1 aliphatic carbocycles. The molecule has 0 unspecified atom stereocenters. The van der Waals surface area contributed by atoms with Crippen LogP contribution >= 0.6 is 11.6 Å². The van der Waals surface area contributed by atoms with Gasteiger partial charge in [0.1, 0.15) is 0 Å². The third kappa shape index (κ3) is 2.92. The van der Waals surface area contributed by atoms with Crippen molar-refractivity contribution in [3.63, 3.8) is 0 Å². The molecule has 0 N–H and O–H groups in total. The van der Waals surface area contributed by atoms with Crippen LogP contribution in [0.2, 0.25) is 5.02 Å². The van der Waals surface area contributed by atoms with Gasteiger partial charge in [-0.2, -0.15) is 0 Å². The lowest BCUT2D eigenvalue weighted by molar-refractivity contribution is 0.102. The number of hydrogen-bond acceptors (Lipinski definition) is 3. The predicted molar refractivity (Wildman–Crippen MR) is 75.4 cm³/mol. The summed E-state index contributed by atoms with van der Waals surface area (Å²) >= 11 is 6.12. The van der Waals surface area contributed by atoms with Crippen LogP contribution in [0.5, 0.6) is 11.5 Å². The standard InChI is InChI=1S/C15H17ClO3/c1-18-13-9-11(8-12(16)15(13)19-2)14(17)10-6-4-3-5-7-10/h6,8-9H,3-5,7H2,1-2H3. The van der Waals surface area contributed by atoms with E-state index in [1.165, 1.54) is 14.2 Å². The molecule has 2 rings (SSSR count). The minimum Gasteiger partial charge on any atom is -0.493 e. The van der Waals surface area contributed by atoms with Gasteiger partial charge in [0, 0.05) is 5.56 Å². The molecule has 0 saturated carbocycles. The lowest BCUT2D eigenvalue weighted by Gasteiger charge is -2.14. The Labute approximate surface area is 118 Å². The molecule has 0 atom stereocenters. The zero-order valence-electron chi connectivity index (χ0n) is 11.2. The van der Waals surface area contributed by atoms with E-state index in [1.807, 2.05) is 6.08 Å². The second-order valence-electron chi connectivity index (χ2n) is 4.50. The van der Waals surface area contributed by atoms with Crippen molar-refractivity contribution in [2.24, 2.45) is 0 Å². The van der Waals surface area contributed by atoms with E-state index < -0.39 is 0 Å². The van der Waals surface area contributed by atoms with E-state index in [0.717, 1.165) is 31.3 Å². The van der Waals surface area contributed by atoms with Crippen LogP contribution in [0.25, 0.3) is 0 Å². The summed E-state index contributed by atoms with van der Waals surface area (Å²) in [4.78, 5) is 12.4. The predicted octanol–water partition coefficient (Wildman–Crippen LogP) is 4.04. The number of rotatable bonds is 4. The minimum atomic E-state index is 0.0301. The van der Waals surface area contributed by atoms with E-state index >= 15 is 0 Å². The maximum Gasteiger partial charge on any atom is 0.188 e. The van der Waals surface area contributed by atoms with Crippen molar-refractivity contribution in [2.75, 3.05) is 14.2 Å². The molecule has 1 aliphatic rings. The van der Waals surface area contributed by atoms with E-state index in [-0.39, 0.29) is 5.78 Å². The Balaban J connectivity index is 2.37. The second kappa shape index (κ2) is 6.11. The Morgan fingerprint density at radius 2 is 2.00 bits per heavy atom. The van der Waals surface area contributed by atoms with Gasteiger partial charge < -0.3 is 9.47 Å². The molecular formula is C15H17ClO3. The number of carbonyl (C=O) groups is 1. The summed E-state index contributed by atoms with van der Waals surface area (Å²) in [6, 6.07) is 3.32. The van der Waals surface area contributed by atoms with E-state index in [1.54, 1.807) is 12.1 Å². The second-order valence-corrected chi connectivity index (χ2v) is 4.91. The van der Waals surface area contributed by atoms with Crippen LogP contribution in [-0.4, -0.2) is 20.0 Å². The van der Waals surface area contributed by atoms with E-state index in [4.69, 9.17) is 21.1 Å². The number of benzene rings is 1. The highest BCUT2D eigenvalue weighted by atomic mass is 35.5. The number of Topliss-reactive ketones (excluding diaryl/α,β-unsaturated/α-hetero) is 1. The average Bonchev–Trinajstić information content (AvgIpc) is 2.46. The van der Waals surface area contributed by atoms with Crippen LogP contribution < -0.4 is 9.47 Å². The summed E-state index contributed by atoms with van der Waals surface area (Å²) in [5.74, 6) is 0.968. The third-order valence-corrected chi connectivity index (χ3v) is 3.56.